The molecule has 2 aliphatic heterocycles. The fraction of sp³-hybridized carbons (Fsp3) is 0.667. The van der Waals surface area contributed by atoms with Gasteiger partial charge in [0.25, 0.3) is 0 Å². The molecule has 7 heteroatoms. The van der Waals surface area contributed by atoms with Crippen molar-refractivity contribution < 1.29 is 22.6 Å². The molecule has 1 aromatic carbocycles. The second-order valence-corrected chi connectivity index (χ2v) is 8.70. The fourth-order valence-corrected chi connectivity index (χ4v) is 5.50. The van der Waals surface area contributed by atoms with Gasteiger partial charge in [0.1, 0.15) is 5.75 Å². The Hall–Kier alpha value is -1.15. The van der Waals surface area contributed by atoms with Crippen LogP contribution in [0.1, 0.15) is 25.7 Å². The van der Waals surface area contributed by atoms with Crippen LogP contribution in [0.15, 0.2) is 29.2 Å². The molecule has 0 N–H and O–H groups in total. The van der Waals surface area contributed by atoms with Crippen molar-refractivity contribution in [2.75, 3.05) is 40.5 Å². The summed E-state index contributed by atoms with van der Waals surface area (Å²) in [4.78, 5) is 0.283. The Bertz CT molecular complexity index is 682. The molecule has 1 aromatic rings. The second kappa shape index (κ2) is 7.61. The van der Waals surface area contributed by atoms with Crippen LogP contribution in [-0.2, 0) is 19.5 Å². The quantitative estimate of drug-likeness (QED) is 0.770. The average molecular weight is 369 g/mol. The number of piperidine rings is 1. The Kier molecular flexibility index (Phi) is 5.68. The van der Waals surface area contributed by atoms with E-state index in [2.05, 4.69) is 0 Å². The summed E-state index contributed by atoms with van der Waals surface area (Å²) < 4.78 is 43.9. The number of hydrogen-bond acceptors (Lipinski definition) is 5. The smallest absolute Gasteiger partial charge is 0.243 e. The predicted octanol–water partition coefficient (Wildman–Crippen LogP) is 2.29. The lowest BCUT2D eigenvalue weighted by molar-refractivity contribution is -0.0603. The molecule has 0 bridgehead atoms. The third-order valence-electron chi connectivity index (χ3n) is 5.52. The Morgan fingerprint density at radius 3 is 2.72 bits per heavy atom. The van der Waals surface area contributed by atoms with Crippen molar-refractivity contribution in [1.29, 1.82) is 0 Å². The first-order chi connectivity index (χ1) is 12.0. The molecule has 0 aliphatic carbocycles. The highest BCUT2D eigenvalue weighted by atomic mass is 32.2. The van der Waals surface area contributed by atoms with E-state index >= 15 is 0 Å². The maximum atomic E-state index is 12.9. The molecule has 3 rings (SSSR count). The van der Waals surface area contributed by atoms with Crippen molar-refractivity contribution in [3.05, 3.63) is 24.3 Å². The van der Waals surface area contributed by atoms with Gasteiger partial charge in [0, 0.05) is 39.5 Å². The lowest BCUT2D eigenvalue weighted by Crippen LogP contribution is -2.49. The minimum atomic E-state index is -3.50. The highest BCUT2D eigenvalue weighted by molar-refractivity contribution is 7.89. The van der Waals surface area contributed by atoms with E-state index in [0.717, 1.165) is 38.9 Å². The molecule has 25 heavy (non-hydrogen) atoms. The van der Waals surface area contributed by atoms with Gasteiger partial charge >= 0.3 is 0 Å². The Morgan fingerprint density at radius 1 is 1.28 bits per heavy atom. The molecule has 0 saturated carbocycles. The molecule has 2 saturated heterocycles. The molecule has 0 radical (unpaired) electrons. The van der Waals surface area contributed by atoms with Gasteiger partial charge in [-0.1, -0.05) is 6.07 Å². The summed E-state index contributed by atoms with van der Waals surface area (Å²) in [6.45, 7) is 2.46. The molecule has 2 fully saturated rings. The number of hydrogen-bond donors (Lipinski definition) is 0. The van der Waals surface area contributed by atoms with E-state index in [0.29, 0.717) is 24.8 Å². The molecular formula is C18H27NO5S. The molecule has 1 atom stereocenters. The summed E-state index contributed by atoms with van der Waals surface area (Å²) in [7, 11) is -0.252. The lowest BCUT2D eigenvalue weighted by Gasteiger charge is -2.41. The predicted molar refractivity (Wildman–Crippen MR) is 94.3 cm³/mol. The normalized spacial score (nSPS) is 23.8. The summed E-state index contributed by atoms with van der Waals surface area (Å²) in [6.07, 6.45) is 3.49. The highest BCUT2D eigenvalue weighted by Crippen LogP contribution is 2.43. The van der Waals surface area contributed by atoms with Crippen molar-refractivity contribution in [3.63, 3.8) is 0 Å². The molecule has 0 aromatic heterocycles. The summed E-state index contributed by atoms with van der Waals surface area (Å²) in [5, 5.41) is 0. The minimum Gasteiger partial charge on any atom is -0.497 e. The van der Waals surface area contributed by atoms with Crippen molar-refractivity contribution in [1.82, 2.24) is 4.31 Å². The first-order valence-corrected chi connectivity index (χ1v) is 10.2. The molecule has 1 unspecified atom stereocenters. The van der Waals surface area contributed by atoms with E-state index in [9.17, 15) is 8.42 Å². The van der Waals surface area contributed by atoms with Crippen LogP contribution in [0, 0.1) is 5.92 Å². The Labute approximate surface area is 150 Å². The zero-order chi connectivity index (χ0) is 17.9. The van der Waals surface area contributed by atoms with E-state index in [4.69, 9.17) is 14.2 Å². The highest BCUT2D eigenvalue weighted by Gasteiger charge is 2.47. The van der Waals surface area contributed by atoms with E-state index in [-0.39, 0.29) is 10.5 Å². The largest absolute Gasteiger partial charge is 0.497 e. The van der Waals surface area contributed by atoms with E-state index in [1.54, 1.807) is 35.7 Å². The van der Waals surface area contributed by atoms with Crippen LogP contribution in [0.25, 0.3) is 0 Å². The monoisotopic (exact) mass is 369 g/mol. The third kappa shape index (κ3) is 3.69. The van der Waals surface area contributed by atoms with E-state index in [1.165, 1.54) is 7.11 Å². The van der Waals surface area contributed by atoms with Gasteiger partial charge in [-0.25, -0.2) is 8.42 Å². The number of benzene rings is 1. The minimum absolute atomic E-state index is 0.182. The van der Waals surface area contributed by atoms with Gasteiger partial charge in [-0.3, -0.25) is 0 Å². The van der Waals surface area contributed by atoms with Crippen molar-refractivity contribution >= 4 is 10.0 Å². The fourth-order valence-electron chi connectivity index (χ4n) is 4.02. The average Bonchev–Trinajstić information content (AvgIpc) is 3.02. The van der Waals surface area contributed by atoms with Gasteiger partial charge in [0.05, 0.1) is 17.6 Å². The third-order valence-corrected chi connectivity index (χ3v) is 7.41. The summed E-state index contributed by atoms with van der Waals surface area (Å²) >= 11 is 0. The van der Waals surface area contributed by atoms with Crippen molar-refractivity contribution in [3.8, 4) is 5.75 Å². The number of sulfonamides is 1. The van der Waals surface area contributed by atoms with Crippen LogP contribution in [0.5, 0.6) is 5.75 Å². The molecule has 140 valence electrons. The lowest BCUT2D eigenvalue weighted by atomic mass is 9.78. The summed E-state index contributed by atoms with van der Waals surface area (Å²) in [5.74, 6) is 1.00. The zero-order valence-electron chi connectivity index (χ0n) is 14.9. The van der Waals surface area contributed by atoms with Crippen LogP contribution >= 0.6 is 0 Å². The van der Waals surface area contributed by atoms with Gasteiger partial charge in [-0.2, -0.15) is 4.31 Å². The van der Waals surface area contributed by atoms with Crippen molar-refractivity contribution in [2.45, 2.75) is 36.2 Å². The zero-order valence-corrected chi connectivity index (χ0v) is 15.8. The molecular weight excluding hydrogens is 342 g/mol. The van der Waals surface area contributed by atoms with Gasteiger partial charge < -0.3 is 14.2 Å². The number of methoxy groups -OCH3 is 2. The van der Waals surface area contributed by atoms with E-state index < -0.39 is 10.0 Å². The molecule has 6 nitrogen and oxygen atoms in total. The number of nitrogens with zero attached hydrogens (tertiary/aromatic N) is 1. The van der Waals surface area contributed by atoms with Crippen LogP contribution in [0.2, 0.25) is 0 Å². The Morgan fingerprint density at radius 2 is 2.04 bits per heavy atom. The van der Waals surface area contributed by atoms with Crippen LogP contribution in [0.4, 0.5) is 0 Å². The SMILES string of the molecule is COCCC1CCOC12CCN(S(=O)(=O)c1cccc(OC)c1)CC2. The van der Waals surface area contributed by atoms with Gasteiger partial charge in [0.15, 0.2) is 0 Å². The first kappa shape index (κ1) is 18.6. The van der Waals surface area contributed by atoms with Gasteiger partial charge in [-0.15, -0.1) is 0 Å². The molecule has 2 heterocycles. The second-order valence-electron chi connectivity index (χ2n) is 6.76. The number of rotatable bonds is 6. The Balaban J connectivity index is 1.70. The first-order valence-electron chi connectivity index (χ1n) is 8.79. The summed E-state index contributed by atoms with van der Waals surface area (Å²) in [6, 6.07) is 6.65. The maximum Gasteiger partial charge on any atom is 0.243 e. The molecule has 0 amide bonds. The standard InChI is InChI=1S/C18H27NO5S/c1-22-12-6-15-7-13-24-18(15)8-10-19(11-9-18)25(20,21)17-5-3-4-16(14-17)23-2/h3-5,14-15H,6-13H2,1-2H3. The van der Waals surface area contributed by atoms with Crippen molar-refractivity contribution in [2.24, 2.45) is 5.92 Å². The molecule has 2 aliphatic rings. The molecule has 1 spiro atoms. The van der Waals surface area contributed by atoms with Gasteiger partial charge in [0.2, 0.25) is 10.0 Å². The van der Waals surface area contributed by atoms with Gasteiger partial charge in [-0.05, 0) is 43.7 Å². The van der Waals surface area contributed by atoms with E-state index in [1.807, 2.05) is 0 Å². The topological polar surface area (TPSA) is 65.1 Å². The maximum absolute atomic E-state index is 12.9. The van der Waals surface area contributed by atoms with Crippen LogP contribution in [0.3, 0.4) is 0 Å². The number of ether oxygens (including phenoxy) is 3. The van der Waals surface area contributed by atoms with Crippen LogP contribution < -0.4 is 4.74 Å². The summed E-state index contributed by atoms with van der Waals surface area (Å²) in [5.41, 5.74) is -0.182. The van der Waals surface area contributed by atoms with Crippen LogP contribution in [-0.4, -0.2) is 58.8 Å².